The Morgan fingerprint density at radius 1 is 0.692 bits per heavy atom. The quantitative estimate of drug-likeness (QED) is 0.588. The maximum absolute atomic E-state index is 12.9. The molecule has 0 spiro atoms. The van der Waals surface area contributed by atoms with Crippen LogP contribution in [0.1, 0.15) is 115 Å². The monoisotopic (exact) mass is 423 g/mol. The van der Waals surface area contributed by atoms with Gasteiger partial charge in [-0.1, -0.05) is 0 Å². The number of nitrogens with one attached hydrogen (secondary N) is 1. The zero-order chi connectivity index (χ0) is 19.9. The van der Waals surface area contributed by atoms with Crippen molar-refractivity contribution in [2.24, 2.45) is 5.92 Å². The van der Waals surface area contributed by atoms with E-state index in [1.807, 2.05) is 0 Å². The van der Waals surface area contributed by atoms with E-state index in [1.54, 1.807) is 5.56 Å². The van der Waals surface area contributed by atoms with Crippen molar-refractivity contribution in [2.45, 2.75) is 97.7 Å². The first-order chi connectivity index (χ1) is 12.0. The number of fused-ring (bicyclic) bond motifs is 1. The first kappa shape index (κ1) is 21.5. The van der Waals surface area contributed by atoms with Crippen molar-refractivity contribution < 1.29 is 4.79 Å². The van der Waals surface area contributed by atoms with Gasteiger partial charge in [-0.2, -0.15) is 0 Å². The van der Waals surface area contributed by atoms with E-state index in [-0.39, 0.29) is 25.7 Å². The molecule has 0 bridgehead atoms. The Kier molecular flexibility index (Phi) is 6.67. The standard InChI is InChI=1S/C23H37NOSe/c1-11(2)16-17(12(3)4)19(14(7)8)22-20(18(16)13(5)6)24-23(25)21(26-22)15(9)10/h11-15,21H,1-10H3,(H,24,25). The van der Waals surface area contributed by atoms with Crippen LogP contribution in [-0.2, 0) is 4.79 Å². The van der Waals surface area contributed by atoms with Gasteiger partial charge in [-0.3, -0.25) is 0 Å². The van der Waals surface area contributed by atoms with E-state index >= 15 is 0 Å². The molecule has 1 aliphatic rings. The molecule has 1 aliphatic heterocycles. The minimum absolute atomic E-state index is 0.137. The summed E-state index contributed by atoms with van der Waals surface area (Å²) in [6.07, 6.45) is 0. The molecule has 0 aliphatic carbocycles. The Morgan fingerprint density at radius 3 is 1.50 bits per heavy atom. The molecular formula is C23H37NOSe. The Labute approximate surface area is 167 Å². The summed E-state index contributed by atoms with van der Waals surface area (Å²) in [5.74, 6) is 2.46. The molecule has 0 aromatic heterocycles. The fourth-order valence-corrected chi connectivity index (χ4v) is 7.31. The molecule has 1 atom stereocenters. The summed E-state index contributed by atoms with van der Waals surface area (Å²) in [6.45, 7) is 22.8. The number of anilines is 1. The molecule has 2 nitrogen and oxygen atoms in total. The van der Waals surface area contributed by atoms with E-state index in [0.717, 1.165) is 0 Å². The number of benzene rings is 1. The van der Waals surface area contributed by atoms with Crippen molar-refractivity contribution >= 4 is 31.0 Å². The normalized spacial score (nSPS) is 17.7. The average molecular weight is 423 g/mol. The fourth-order valence-electron chi connectivity index (χ4n) is 4.28. The van der Waals surface area contributed by atoms with Gasteiger partial charge < -0.3 is 0 Å². The Morgan fingerprint density at radius 2 is 1.12 bits per heavy atom. The van der Waals surface area contributed by atoms with Gasteiger partial charge in [-0.25, -0.2) is 0 Å². The van der Waals surface area contributed by atoms with Gasteiger partial charge in [0.25, 0.3) is 0 Å². The molecule has 1 heterocycles. The first-order valence-electron chi connectivity index (χ1n) is 10.2. The topological polar surface area (TPSA) is 29.1 Å². The van der Waals surface area contributed by atoms with Crippen LogP contribution in [0.3, 0.4) is 0 Å². The number of hydrogen-bond acceptors (Lipinski definition) is 1. The molecule has 1 N–H and O–H groups in total. The van der Waals surface area contributed by atoms with E-state index in [2.05, 4.69) is 74.6 Å². The molecule has 0 fully saturated rings. The number of rotatable bonds is 5. The van der Waals surface area contributed by atoms with E-state index in [0.29, 0.717) is 29.6 Å². The summed E-state index contributed by atoms with van der Waals surface area (Å²) in [5.41, 5.74) is 7.11. The second-order valence-electron chi connectivity index (χ2n) is 9.25. The average Bonchev–Trinajstić information content (AvgIpc) is 2.50. The number of carbonyl (C=O) groups is 1. The number of hydrogen-bond donors (Lipinski definition) is 1. The van der Waals surface area contributed by atoms with Gasteiger partial charge in [0.05, 0.1) is 0 Å². The zero-order valence-corrected chi connectivity index (χ0v) is 20.0. The molecule has 2 rings (SSSR count). The van der Waals surface area contributed by atoms with Crippen molar-refractivity contribution in [1.82, 2.24) is 0 Å². The second kappa shape index (κ2) is 8.07. The van der Waals surface area contributed by atoms with Gasteiger partial charge in [0.1, 0.15) is 0 Å². The molecule has 1 aromatic carbocycles. The molecule has 0 saturated heterocycles. The van der Waals surface area contributed by atoms with Gasteiger partial charge in [-0.15, -0.1) is 0 Å². The SMILES string of the molecule is CC(C)c1c2c(c(C(C)C)c(C(C)C)c1C(C)C)[Se]C(C(C)C)C(=O)N2. The van der Waals surface area contributed by atoms with Crippen LogP contribution in [0.25, 0.3) is 0 Å². The van der Waals surface area contributed by atoms with Gasteiger partial charge in [0.2, 0.25) is 0 Å². The minimum atomic E-state index is 0.137. The van der Waals surface area contributed by atoms with Gasteiger partial charge in [-0.05, 0) is 0 Å². The van der Waals surface area contributed by atoms with Crippen molar-refractivity contribution in [3.05, 3.63) is 22.3 Å². The van der Waals surface area contributed by atoms with Gasteiger partial charge in [0.15, 0.2) is 0 Å². The first-order valence-corrected chi connectivity index (χ1v) is 12.0. The van der Waals surface area contributed by atoms with Crippen LogP contribution in [0.5, 0.6) is 0 Å². The van der Waals surface area contributed by atoms with Crippen LogP contribution in [0.15, 0.2) is 0 Å². The predicted octanol–water partition coefficient (Wildman–Crippen LogP) is 5.91. The van der Waals surface area contributed by atoms with Crippen LogP contribution in [0.4, 0.5) is 5.69 Å². The number of amides is 1. The van der Waals surface area contributed by atoms with Crippen LogP contribution < -0.4 is 9.78 Å². The Hall–Kier alpha value is -0.791. The van der Waals surface area contributed by atoms with Gasteiger partial charge in [0, 0.05) is 0 Å². The second-order valence-corrected chi connectivity index (χ2v) is 11.7. The third-order valence-electron chi connectivity index (χ3n) is 5.28. The molecule has 3 heteroatoms. The summed E-state index contributed by atoms with van der Waals surface area (Å²) in [6, 6.07) is 0. The molecule has 1 aromatic rings. The molecule has 0 radical (unpaired) electrons. The third kappa shape index (κ3) is 3.76. The zero-order valence-electron chi connectivity index (χ0n) is 18.3. The van der Waals surface area contributed by atoms with E-state index in [1.165, 1.54) is 26.8 Å². The number of carbonyl (C=O) groups excluding carboxylic acids is 1. The van der Waals surface area contributed by atoms with E-state index < -0.39 is 0 Å². The Balaban J connectivity index is 2.95. The summed E-state index contributed by atoms with van der Waals surface area (Å²) < 4.78 is 1.47. The van der Waals surface area contributed by atoms with Crippen LogP contribution in [0.2, 0.25) is 4.82 Å². The molecular weight excluding hydrogens is 385 g/mol. The maximum atomic E-state index is 12.9. The van der Waals surface area contributed by atoms with Crippen molar-refractivity contribution in [3.63, 3.8) is 0 Å². The fraction of sp³-hybridized carbons (Fsp3) is 0.696. The Bertz CT molecular complexity index is 686. The third-order valence-corrected chi connectivity index (χ3v) is 8.79. The molecule has 1 unspecified atom stereocenters. The molecule has 1 amide bonds. The molecule has 0 saturated carbocycles. The summed E-state index contributed by atoms with van der Waals surface area (Å²) in [5, 5.41) is 3.37. The van der Waals surface area contributed by atoms with Crippen molar-refractivity contribution in [1.29, 1.82) is 0 Å². The molecule has 146 valence electrons. The summed E-state index contributed by atoms with van der Waals surface area (Å²) in [7, 11) is 0. The van der Waals surface area contributed by atoms with Crippen LogP contribution in [-0.4, -0.2) is 20.9 Å². The van der Waals surface area contributed by atoms with Crippen LogP contribution in [0, 0.1) is 5.92 Å². The van der Waals surface area contributed by atoms with Gasteiger partial charge >= 0.3 is 167 Å². The van der Waals surface area contributed by atoms with E-state index in [4.69, 9.17) is 0 Å². The predicted molar refractivity (Wildman–Crippen MR) is 115 cm³/mol. The summed E-state index contributed by atoms with van der Waals surface area (Å²) in [4.78, 5) is 13.0. The van der Waals surface area contributed by atoms with Crippen molar-refractivity contribution in [2.75, 3.05) is 5.32 Å². The van der Waals surface area contributed by atoms with Crippen LogP contribution >= 0.6 is 0 Å². The van der Waals surface area contributed by atoms with Crippen molar-refractivity contribution in [3.8, 4) is 0 Å². The summed E-state index contributed by atoms with van der Waals surface area (Å²) >= 11 is 0.189. The van der Waals surface area contributed by atoms with E-state index in [9.17, 15) is 4.79 Å². The molecule has 26 heavy (non-hydrogen) atoms.